The summed E-state index contributed by atoms with van der Waals surface area (Å²) < 4.78 is 0.736. The predicted molar refractivity (Wildman–Crippen MR) is 73.9 cm³/mol. The Bertz CT molecular complexity index is 604. The Hall–Kier alpha value is -1.46. The molecule has 1 heterocycles. The van der Waals surface area contributed by atoms with Gasteiger partial charge in [0.05, 0.1) is 5.56 Å². The number of rotatable bonds is 2. The third-order valence-corrected chi connectivity index (χ3v) is 3.08. The van der Waals surface area contributed by atoms with Gasteiger partial charge in [0.15, 0.2) is 0 Å². The van der Waals surface area contributed by atoms with Crippen LogP contribution in [0.25, 0.3) is 0 Å². The summed E-state index contributed by atoms with van der Waals surface area (Å²) in [5, 5.41) is 2.75. The molecule has 0 atom stereocenters. The van der Waals surface area contributed by atoms with Gasteiger partial charge in [-0.2, -0.15) is 0 Å². The van der Waals surface area contributed by atoms with Crippen molar-refractivity contribution in [1.29, 1.82) is 0 Å². The second-order valence-corrected chi connectivity index (χ2v) is 4.84. The molecule has 4 nitrogen and oxygen atoms in total. The third-order valence-electron chi connectivity index (χ3n) is 2.24. The molecule has 0 fully saturated rings. The average molecular weight is 327 g/mol. The summed E-state index contributed by atoms with van der Waals surface area (Å²) >= 11 is 9.00. The Morgan fingerprint density at radius 1 is 1.39 bits per heavy atom. The molecule has 92 valence electrons. The lowest BCUT2D eigenvalue weighted by Crippen LogP contribution is -2.13. The summed E-state index contributed by atoms with van der Waals surface area (Å²) in [5.41, 5.74) is 1.61. The highest BCUT2D eigenvalue weighted by atomic mass is 79.9. The predicted octanol–water partition coefficient (Wildman–Crippen LogP) is 3.45. The van der Waals surface area contributed by atoms with Gasteiger partial charge < -0.3 is 5.32 Å². The van der Waals surface area contributed by atoms with Crippen LogP contribution in [0.1, 0.15) is 15.9 Å². The maximum Gasteiger partial charge on any atom is 0.257 e. The minimum atomic E-state index is -0.253. The number of nitrogens with one attached hydrogen (secondary N) is 1. The second-order valence-electron chi connectivity index (χ2n) is 3.65. The average Bonchev–Trinajstić information content (AvgIpc) is 2.28. The summed E-state index contributed by atoms with van der Waals surface area (Å²) in [4.78, 5) is 19.6. The second kappa shape index (κ2) is 5.46. The monoisotopic (exact) mass is 325 g/mol. The zero-order valence-electron chi connectivity index (χ0n) is 9.45. The Labute approximate surface area is 118 Å². The van der Waals surface area contributed by atoms with Crippen molar-refractivity contribution in [2.45, 2.75) is 6.92 Å². The van der Waals surface area contributed by atoms with Gasteiger partial charge in [-0.1, -0.05) is 6.07 Å². The molecule has 1 N–H and O–H groups in total. The molecule has 1 aromatic heterocycles. The van der Waals surface area contributed by atoms with Crippen LogP contribution in [0, 0.1) is 6.92 Å². The Balaban J connectivity index is 2.22. The van der Waals surface area contributed by atoms with E-state index in [2.05, 4.69) is 31.2 Å². The normalized spacial score (nSPS) is 10.2. The molecule has 0 radical (unpaired) electrons. The van der Waals surface area contributed by atoms with Crippen molar-refractivity contribution in [1.82, 2.24) is 9.97 Å². The maximum absolute atomic E-state index is 12.0. The Morgan fingerprint density at radius 2 is 2.17 bits per heavy atom. The lowest BCUT2D eigenvalue weighted by Gasteiger charge is -2.06. The molecule has 0 aliphatic heterocycles. The van der Waals surface area contributed by atoms with Crippen molar-refractivity contribution in [3.63, 3.8) is 0 Å². The van der Waals surface area contributed by atoms with Gasteiger partial charge in [0.1, 0.15) is 5.82 Å². The van der Waals surface area contributed by atoms with E-state index < -0.39 is 0 Å². The molecule has 0 bridgehead atoms. The molecule has 6 heteroatoms. The minimum absolute atomic E-state index is 0.0933. The molecule has 2 rings (SSSR count). The fourth-order valence-corrected chi connectivity index (χ4v) is 2.21. The van der Waals surface area contributed by atoms with E-state index in [4.69, 9.17) is 11.6 Å². The van der Waals surface area contributed by atoms with Crippen molar-refractivity contribution in [3.8, 4) is 0 Å². The van der Waals surface area contributed by atoms with Gasteiger partial charge in [0, 0.05) is 10.7 Å². The van der Waals surface area contributed by atoms with Gasteiger partial charge in [-0.25, -0.2) is 9.97 Å². The molecule has 1 amide bonds. The number of aromatic nitrogens is 2. The topological polar surface area (TPSA) is 54.9 Å². The van der Waals surface area contributed by atoms with Gasteiger partial charge in [-0.15, -0.1) is 0 Å². The molecule has 0 aliphatic rings. The van der Waals surface area contributed by atoms with E-state index in [0.29, 0.717) is 11.4 Å². The van der Waals surface area contributed by atoms with Gasteiger partial charge in [0.2, 0.25) is 5.28 Å². The quantitative estimate of drug-likeness (QED) is 0.860. The van der Waals surface area contributed by atoms with E-state index in [1.54, 1.807) is 12.1 Å². The van der Waals surface area contributed by atoms with E-state index in [0.717, 1.165) is 10.0 Å². The summed E-state index contributed by atoms with van der Waals surface area (Å²) in [6.45, 7) is 1.95. The summed E-state index contributed by atoms with van der Waals surface area (Å²) in [5.74, 6) is 0.115. The van der Waals surface area contributed by atoms with Crippen molar-refractivity contribution in [2.75, 3.05) is 5.32 Å². The number of carbonyl (C=O) groups is 1. The number of halogens is 2. The first-order valence-electron chi connectivity index (χ1n) is 5.12. The van der Waals surface area contributed by atoms with Crippen molar-refractivity contribution >= 4 is 39.3 Å². The number of benzene rings is 1. The summed E-state index contributed by atoms with van der Waals surface area (Å²) in [6, 6.07) is 7.07. The van der Waals surface area contributed by atoms with Crippen LogP contribution in [0.4, 0.5) is 5.82 Å². The summed E-state index contributed by atoms with van der Waals surface area (Å²) in [7, 11) is 0. The molecule has 0 unspecified atom stereocenters. The van der Waals surface area contributed by atoms with Crippen LogP contribution in [0.2, 0.25) is 5.28 Å². The smallest absolute Gasteiger partial charge is 0.257 e. The number of hydrogen-bond acceptors (Lipinski definition) is 3. The van der Waals surface area contributed by atoms with E-state index in [1.807, 2.05) is 19.1 Å². The van der Waals surface area contributed by atoms with Crippen LogP contribution in [-0.4, -0.2) is 15.9 Å². The highest BCUT2D eigenvalue weighted by molar-refractivity contribution is 9.10. The van der Waals surface area contributed by atoms with Gasteiger partial charge in [-0.3, -0.25) is 4.79 Å². The number of carbonyl (C=O) groups excluding carboxylic acids is 1. The highest BCUT2D eigenvalue weighted by Crippen LogP contribution is 2.19. The summed E-state index contributed by atoms with van der Waals surface area (Å²) in [6.07, 6.45) is 1.48. The SMILES string of the molecule is Cc1ccc(C(=O)Nc2ccnc(Cl)n2)c(Br)c1. The van der Waals surface area contributed by atoms with Crippen LogP contribution in [-0.2, 0) is 0 Å². The fourth-order valence-electron chi connectivity index (χ4n) is 1.39. The molecule has 0 spiro atoms. The van der Waals surface area contributed by atoms with E-state index in [-0.39, 0.29) is 11.2 Å². The first kappa shape index (κ1) is 13.0. The first-order valence-corrected chi connectivity index (χ1v) is 6.29. The maximum atomic E-state index is 12.0. The van der Waals surface area contributed by atoms with Crippen LogP contribution in [0.15, 0.2) is 34.9 Å². The molecule has 1 aromatic carbocycles. The van der Waals surface area contributed by atoms with E-state index >= 15 is 0 Å². The number of aryl methyl sites for hydroxylation is 1. The largest absolute Gasteiger partial charge is 0.306 e. The number of amides is 1. The number of anilines is 1. The molecule has 2 aromatic rings. The molecule has 18 heavy (non-hydrogen) atoms. The van der Waals surface area contributed by atoms with Gasteiger partial charge in [0.25, 0.3) is 5.91 Å². The van der Waals surface area contributed by atoms with Crippen molar-refractivity contribution in [2.24, 2.45) is 0 Å². The third kappa shape index (κ3) is 3.05. The molecule has 0 aliphatic carbocycles. The van der Waals surface area contributed by atoms with Gasteiger partial charge >= 0.3 is 0 Å². The number of hydrogen-bond donors (Lipinski definition) is 1. The minimum Gasteiger partial charge on any atom is -0.306 e. The zero-order valence-corrected chi connectivity index (χ0v) is 11.8. The molecule has 0 saturated carbocycles. The lowest BCUT2D eigenvalue weighted by atomic mass is 10.1. The molecule has 0 saturated heterocycles. The molecular weight excluding hydrogens is 318 g/mol. The van der Waals surface area contributed by atoms with Crippen LogP contribution >= 0.6 is 27.5 Å². The zero-order chi connectivity index (χ0) is 13.1. The van der Waals surface area contributed by atoms with Gasteiger partial charge in [-0.05, 0) is 58.2 Å². The lowest BCUT2D eigenvalue weighted by molar-refractivity contribution is 0.102. The van der Waals surface area contributed by atoms with Crippen molar-refractivity contribution < 1.29 is 4.79 Å². The Morgan fingerprint density at radius 3 is 2.83 bits per heavy atom. The Kier molecular flexibility index (Phi) is 3.93. The van der Waals surface area contributed by atoms with E-state index in [1.165, 1.54) is 6.20 Å². The highest BCUT2D eigenvalue weighted by Gasteiger charge is 2.11. The fraction of sp³-hybridized carbons (Fsp3) is 0.0833. The van der Waals surface area contributed by atoms with Crippen LogP contribution in [0.5, 0.6) is 0 Å². The molecular formula is C12H9BrClN3O. The first-order chi connectivity index (χ1) is 8.56. The van der Waals surface area contributed by atoms with Crippen LogP contribution in [0.3, 0.4) is 0 Å². The number of nitrogens with zero attached hydrogens (tertiary/aromatic N) is 2. The van der Waals surface area contributed by atoms with Crippen molar-refractivity contribution in [3.05, 3.63) is 51.3 Å². The standard InChI is InChI=1S/C12H9BrClN3O/c1-7-2-3-8(9(13)6-7)11(18)16-10-4-5-15-12(14)17-10/h2-6H,1H3,(H,15,16,17,18). The van der Waals surface area contributed by atoms with E-state index in [9.17, 15) is 4.79 Å². The van der Waals surface area contributed by atoms with Crippen LogP contribution < -0.4 is 5.32 Å².